The number of nitrogens with zero attached hydrogens (tertiary/aromatic N) is 1. The molecule has 0 saturated heterocycles. The highest BCUT2D eigenvalue weighted by molar-refractivity contribution is 4.77. The maximum Gasteiger partial charge on any atom is 0.0674 e. The van der Waals surface area contributed by atoms with Gasteiger partial charge in [-0.25, -0.2) is 0 Å². The number of aliphatic hydroxyl groups is 1. The summed E-state index contributed by atoms with van der Waals surface area (Å²) in [4.78, 5) is 2.47. The van der Waals surface area contributed by atoms with E-state index in [1.165, 1.54) is 25.8 Å². The maximum atomic E-state index is 9.37. The van der Waals surface area contributed by atoms with E-state index in [9.17, 15) is 5.11 Å². The Morgan fingerprint density at radius 1 is 1.43 bits per heavy atom. The van der Waals surface area contributed by atoms with Crippen molar-refractivity contribution >= 4 is 0 Å². The molecule has 0 spiro atoms. The van der Waals surface area contributed by atoms with Crippen LogP contribution < -0.4 is 5.73 Å². The molecule has 1 saturated carbocycles. The lowest BCUT2D eigenvalue weighted by Gasteiger charge is -2.22. The third kappa shape index (κ3) is 4.94. The van der Waals surface area contributed by atoms with Crippen molar-refractivity contribution in [1.82, 2.24) is 4.90 Å². The summed E-state index contributed by atoms with van der Waals surface area (Å²) >= 11 is 0. The molecule has 0 bridgehead atoms. The van der Waals surface area contributed by atoms with Crippen LogP contribution in [0, 0.1) is 5.92 Å². The Balaban J connectivity index is 2.12. The molecule has 1 atom stereocenters. The van der Waals surface area contributed by atoms with Crippen molar-refractivity contribution in [3.63, 3.8) is 0 Å². The van der Waals surface area contributed by atoms with Gasteiger partial charge in [-0.15, -0.1) is 0 Å². The summed E-state index contributed by atoms with van der Waals surface area (Å²) in [6.45, 7) is 5.99. The molecule has 0 radical (unpaired) electrons. The summed E-state index contributed by atoms with van der Waals surface area (Å²) in [5, 5.41) is 9.37. The summed E-state index contributed by atoms with van der Waals surface area (Å²) < 4.78 is 0. The van der Waals surface area contributed by atoms with Gasteiger partial charge < -0.3 is 15.7 Å². The second-order valence-electron chi connectivity index (χ2n) is 4.42. The van der Waals surface area contributed by atoms with E-state index in [0.717, 1.165) is 25.4 Å². The lowest BCUT2D eigenvalue weighted by molar-refractivity contribution is 0.145. The van der Waals surface area contributed by atoms with Gasteiger partial charge in [-0.3, -0.25) is 0 Å². The van der Waals surface area contributed by atoms with Gasteiger partial charge in [0.25, 0.3) is 0 Å². The van der Waals surface area contributed by atoms with Crippen LogP contribution in [-0.2, 0) is 0 Å². The van der Waals surface area contributed by atoms with Gasteiger partial charge in [0.1, 0.15) is 0 Å². The molecule has 1 aliphatic carbocycles. The normalized spacial score (nSPS) is 18.9. The number of nitrogens with two attached hydrogens (primary N) is 1. The Kier molecular flexibility index (Phi) is 5.45. The Morgan fingerprint density at radius 3 is 2.64 bits per heavy atom. The van der Waals surface area contributed by atoms with E-state index in [0.29, 0.717) is 6.54 Å². The number of aliphatic hydroxyl groups excluding tert-OH is 1. The van der Waals surface area contributed by atoms with Crippen LogP contribution in [0.2, 0.25) is 0 Å². The molecule has 3 heteroatoms. The van der Waals surface area contributed by atoms with Crippen LogP contribution in [0.15, 0.2) is 0 Å². The Morgan fingerprint density at radius 2 is 2.14 bits per heavy atom. The number of rotatable bonds is 8. The van der Waals surface area contributed by atoms with Crippen LogP contribution in [-0.4, -0.2) is 42.3 Å². The maximum absolute atomic E-state index is 9.37. The molecule has 3 nitrogen and oxygen atoms in total. The lowest BCUT2D eigenvalue weighted by atomic mass is 10.2. The van der Waals surface area contributed by atoms with E-state index in [1.807, 2.05) is 0 Å². The fraction of sp³-hybridized carbons (Fsp3) is 1.00. The highest BCUT2D eigenvalue weighted by atomic mass is 16.3. The minimum absolute atomic E-state index is 0.312. The van der Waals surface area contributed by atoms with E-state index in [2.05, 4.69) is 11.8 Å². The molecule has 0 aromatic heterocycles. The molecular weight excluding hydrogens is 176 g/mol. The first-order valence-corrected chi connectivity index (χ1v) is 5.86. The summed E-state index contributed by atoms with van der Waals surface area (Å²) in [5.41, 5.74) is 5.38. The molecule has 84 valence electrons. The molecule has 0 aromatic carbocycles. The van der Waals surface area contributed by atoms with Crippen molar-refractivity contribution in [2.45, 2.75) is 38.7 Å². The minimum Gasteiger partial charge on any atom is -0.392 e. The highest BCUT2D eigenvalue weighted by Gasteiger charge is 2.23. The van der Waals surface area contributed by atoms with Crippen molar-refractivity contribution in [3.8, 4) is 0 Å². The van der Waals surface area contributed by atoms with Crippen molar-refractivity contribution in [1.29, 1.82) is 0 Å². The summed E-state index contributed by atoms with van der Waals surface area (Å²) in [6.07, 6.45) is 4.52. The second-order valence-corrected chi connectivity index (χ2v) is 4.42. The molecule has 1 aliphatic rings. The molecule has 1 fully saturated rings. The Bertz CT molecular complexity index is 148. The van der Waals surface area contributed by atoms with Crippen LogP contribution in [0.25, 0.3) is 0 Å². The minimum atomic E-state index is -0.312. The Labute approximate surface area is 87.3 Å². The molecule has 0 heterocycles. The van der Waals surface area contributed by atoms with Gasteiger partial charge in [-0.2, -0.15) is 0 Å². The molecule has 14 heavy (non-hydrogen) atoms. The van der Waals surface area contributed by atoms with Crippen molar-refractivity contribution in [2.75, 3.05) is 26.2 Å². The molecule has 1 unspecified atom stereocenters. The fourth-order valence-corrected chi connectivity index (χ4v) is 1.73. The second kappa shape index (κ2) is 6.38. The zero-order chi connectivity index (χ0) is 10.4. The predicted octanol–water partition coefficient (Wildman–Crippen LogP) is 0.818. The van der Waals surface area contributed by atoms with Crippen molar-refractivity contribution < 1.29 is 5.11 Å². The molecule has 0 aromatic rings. The SMILES string of the molecule is CCCN(CCC(O)CN)CC1CC1. The first-order chi connectivity index (χ1) is 6.76. The molecule has 0 amide bonds. The van der Waals surface area contributed by atoms with Crippen molar-refractivity contribution in [2.24, 2.45) is 11.7 Å². The summed E-state index contributed by atoms with van der Waals surface area (Å²) in [5.74, 6) is 0.941. The smallest absolute Gasteiger partial charge is 0.0674 e. The van der Waals surface area contributed by atoms with E-state index in [-0.39, 0.29) is 6.10 Å². The van der Waals surface area contributed by atoms with Gasteiger partial charge in [0.05, 0.1) is 6.10 Å². The number of hydrogen-bond acceptors (Lipinski definition) is 3. The van der Waals surface area contributed by atoms with Crippen LogP contribution in [0.4, 0.5) is 0 Å². The van der Waals surface area contributed by atoms with Crippen LogP contribution in [0.1, 0.15) is 32.6 Å². The topological polar surface area (TPSA) is 49.5 Å². The Hall–Kier alpha value is -0.120. The van der Waals surface area contributed by atoms with Crippen LogP contribution >= 0.6 is 0 Å². The third-order valence-corrected chi connectivity index (χ3v) is 2.80. The van der Waals surface area contributed by atoms with Gasteiger partial charge in [-0.1, -0.05) is 6.92 Å². The zero-order valence-electron chi connectivity index (χ0n) is 9.28. The first kappa shape index (κ1) is 12.0. The van der Waals surface area contributed by atoms with Crippen LogP contribution in [0.3, 0.4) is 0 Å². The highest BCUT2D eigenvalue weighted by Crippen LogP contribution is 2.29. The molecular formula is C11H24N2O. The van der Waals surface area contributed by atoms with E-state index >= 15 is 0 Å². The van der Waals surface area contributed by atoms with E-state index < -0.39 is 0 Å². The van der Waals surface area contributed by atoms with Gasteiger partial charge in [0, 0.05) is 19.6 Å². The average molecular weight is 200 g/mol. The van der Waals surface area contributed by atoms with Gasteiger partial charge in [-0.05, 0) is 38.1 Å². The van der Waals surface area contributed by atoms with Crippen molar-refractivity contribution in [3.05, 3.63) is 0 Å². The third-order valence-electron chi connectivity index (χ3n) is 2.80. The van der Waals surface area contributed by atoms with Gasteiger partial charge >= 0.3 is 0 Å². The van der Waals surface area contributed by atoms with Gasteiger partial charge in [0.2, 0.25) is 0 Å². The van der Waals surface area contributed by atoms with Crippen LogP contribution in [0.5, 0.6) is 0 Å². The summed E-state index contributed by atoms with van der Waals surface area (Å²) in [7, 11) is 0. The largest absolute Gasteiger partial charge is 0.392 e. The molecule has 1 rings (SSSR count). The van der Waals surface area contributed by atoms with E-state index in [1.54, 1.807) is 0 Å². The monoisotopic (exact) mass is 200 g/mol. The average Bonchev–Trinajstić information content (AvgIpc) is 2.98. The zero-order valence-corrected chi connectivity index (χ0v) is 9.28. The standard InChI is InChI=1S/C11H24N2O/c1-2-6-13(9-10-3-4-10)7-5-11(14)8-12/h10-11,14H,2-9,12H2,1H3. The molecule has 3 N–H and O–H groups in total. The first-order valence-electron chi connectivity index (χ1n) is 5.86. The molecule has 0 aliphatic heterocycles. The quantitative estimate of drug-likeness (QED) is 0.610. The van der Waals surface area contributed by atoms with E-state index in [4.69, 9.17) is 5.73 Å². The predicted molar refractivity (Wildman–Crippen MR) is 59.1 cm³/mol. The summed E-state index contributed by atoms with van der Waals surface area (Å²) in [6, 6.07) is 0. The lowest BCUT2D eigenvalue weighted by Crippen LogP contribution is -2.32. The fourth-order valence-electron chi connectivity index (χ4n) is 1.73. The van der Waals surface area contributed by atoms with Gasteiger partial charge in [0.15, 0.2) is 0 Å². The number of hydrogen-bond donors (Lipinski definition) is 2.